The van der Waals surface area contributed by atoms with Crippen LogP contribution >= 0.6 is 11.6 Å². The largest absolute Gasteiger partial charge is 0.352 e. The second-order valence-electron chi connectivity index (χ2n) is 6.82. The molecule has 3 rings (SSSR count). The summed E-state index contributed by atoms with van der Waals surface area (Å²) in [6, 6.07) is 11.8. The van der Waals surface area contributed by atoms with Crippen LogP contribution in [0.15, 0.2) is 48.5 Å². The number of nitrogens with zero attached hydrogens (tertiary/aromatic N) is 2. The Morgan fingerprint density at radius 3 is 2.13 bits per heavy atom. The van der Waals surface area contributed by atoms with Crippen LogP contribution in [0.5, 0.6) is 0 Å². The minimum absolute atomic E-state index is 0.0787. The summed E-state index contributed by atoms with van der Waals surface area (Å²) in [7, 11) is 0. The lowest BCUT2D eigenvalue weighted by molar-refractivity contribution is -0.132. The first-order valence-electron chi connectivity index (χ1n) is 9.55. The van der Waals surface area contributed by atoms with E-state index in [9.17, 15) is 18.8 Å². The second-order valence-corrected chi connectivity index (χ2v) is 7.25. The average Bonchev–Trinajstić information content (AvgIpc) is 2.75. The minimum Gasteiger partial charge on any atom is -0.352 e. The highest BCUT2D eigenvalue weighted by Crippen LogP contribution is 2.12. The molecule has 0 radical (unpaired) electrons. The number of halogens is 2. The number of hydrogen-bond acceptors (Lipinski definition) is 3. The molecule has 1 aliphatic heterocycles. The third kappa shape index (κ3) is 5.93. The molecule has 2 aromatic rings. The Hall–Kier alpha value is -3.13. The molecule has 1 aliphatic rings. The summed E-state index contributed by atoms with van der Waals surface area (Å²) in [5, 5.41) is 5.97. The van der Waals surface area contributed by atoms with Crippen LogP contribution in [0.2, 0.25) is 5.02 Å². The fourth-order valence-electron chi connectivity index (χ4n) is 3.04. The molecule has 0 aliphatic carbocycles. The molecule has 1 fully saturated rings. The van der Waals surface area contributed by atoms with Crippen molar-refractivity contribution < 1.29 is 18.8 Å². The topological polar surface area (TPSA) is 81.8 Å². The number of amides is 4. The molecule has 1 saturated heterocycles. The van der Waals surface area contributed by atoms with Gasteiger partial charge in [0.15, 0.2) is 0 Å². The van der Waals surface area contributed by atoms with Crippen LogP contribution in [0.25, 0.3) is 0 Å². The molecule has 158 valence electrons. The van der Waals surface area contributed by atoms with Crippen LogP contribution in [0.4, 0.5) is 14.9 Å². The molecule has 0 atom stereocenters. The molecule has 9 heteroatoms. The van der Waals surface area contributed by atoms with Crippen molar-refractivity contribution in [3.05, 3.63) is 64.9 Å². The molecule has 0 unspecified atom stereocenters. The Labute approximate surface area is 178 Å². The van der Waals surface area contributed by atoms with Crippen molar-refractivity contribution in [2.24, 2.45) is 0 Å². The van der Waals surface area contributed by atoms with Gasteiger partial charge in [-0.3, -0.25) is 9.59 Å². The molecule has 7 nitrogen and oxygen atoms in total. The summed E-state index contributed by atoms with van der Waals surface area (Å²) < 4.78 is 12.9. The molecule has 0 saturated carbocycles. The summed E-state index contributed by atoms with van der Waals surface area (Å²) in [6.45, 7) is 1.86. The first kappa shape index (κ1) is 21.6. The van der Waals surface area contributed by atoms with E-state index in [0.717, 1.165) is 0 Å². The number of piperazine rings is 1. The third-order valence-corrected chi connectivity index (χ3v) is 5.00. The lowest BCUT2D eigenvalue weighted by Crippen LogP contribution is -2.52. The van der Waals surface area contributed by atoms with Gasteiger partial charge in [-0.1, -0.05) is 11.6 Å². The molecule has 4 amide bonds. The van der Waals surface area contributed by atoms with Gasteiger partial charge in [0.25, 0.3) is 5.91 Å². The zero-order valence-electron chi connectivity index (χ0n) is 16.2. The molecular weight excluding hydrogens is 411 g/mol. The van der Waals surface area contributed by atoms with Crippen molar-refractivity contribution in [1.29, 1.82) is 0 Å². The standard InChI is InChI=1S/C21H22ClFN4O3/c22-16-3-1-15(2-4-16)20(29)24-10-9-19(28)26-11-13-27(14-12-26)21(30)25-18-7-5-17(23)6-8-18/h1-8H,9-14H2,(H,24,29)(H,25,30). The quantitative estimate of drug-likeness (QED) is 0.762. The Balaban J connectivity index is 1.38. The summed E-state index contributed by atoms with van der Waals surface area (Å²) in [5.41, 5.74) is 0.990. The first-order chi connectivity index (χ1) is 14.4. The van der Waals surface area contributed by atoms with Gasteiger partial charge < -0.3 is 20.4 Å². The van der Waals surface area contributed by atoms with Crippen LogP contribution in [-0.4, -0.2) is 60.4 Å². The van der Waals surface area contributed by atoms with Gasteiger partial charge in [0.2, 0.25) is 5.91 Å². The molecule has 0 aromatic heterocycles. The van der Waals surface area contributed by atoms with Gasteiger partial charge in [0.05, 0.1) is 0 Å². The van der Waals surface area contributed by atoms with Crippen molar-refractivity contribution in [2.45, 2.75) is 6.42 Å². The van der Waals surface area contributed by atoms with Crippen LogP contribution in [0, 0.1) is 5.82 Å². The molecule has 0 bridgehead atoms. The molecular formula is C21H22ClFN4O3. The maximum absolute atomic E-state index is 12.9. The van der Waals surface area contributed by atoms with Crippen molar-refractivity contribution in [1.82, 2.24) is 15.1 Å². The number of hydrogen-bond donors (Lipinski definition) is 2. The SMILES string of the molecule is O=C(NCCC(=O)N1CCN(C(=O)Nc2ccc(F)cc2)CC1)c1ccc(Cl)cc1. The van der Waals surface area contributed by atoms with Crippen LogP contribution in [-0.2, 0) is 4.79 Å². The first-order valence-corrected chi connectivity index (χ1v) is 9.93. The maximum atomic E-state index is 12.9. The summed E-state index contributed by atoms with van der Waals surface area (Å²) in [6.07, 6.45) is 0.182. The lowest BCUT2D eigenvalue weighted by atomic mass is 10.2. The molecule has 0 spiro atoms. The van der Waals surface area contributed by atoms with Gasteiger partial charge in [-0.15, -0.1) is 0 Å². The summed E-state index contributed by atoms with van der Waals surface area (Å²) in [5.74, 6) is -0.712. The van der Waals surface area contributed by atoms with Gasteiger partial charge in [0, 0.05) is 55.4 Å². The monoisotopic (exact) mass is 432 g/mol. The zero-order chi connectivity index (χ0) is 21.5. The summed E-state index contributed by atoms with van der Waals surface area (Å²) >= 11 is 5.80. The van der Waals surface area contributed by atoms with Crippen LogP contribution < -0.4 is 10.6 Å². The van der Waals surface area contributed by atoms with E-state index in [0.29, 0.717) is 42.5 Å². The number of anilines is 1. The van der Waals surface area contributed by atoms with E-state index in [1.165, 1.54) is 24.3 Å². The van der Waals surface area contributed by atoms with Crippen molar-refractivity contribution in [2.75, 3.05) is 38.0 Å². The Bertz CT molecular complexity index is 897. The number of carbonyl (C=O) groups excluding carboxylic acids is 3. The predicted octanol–water partition coefficient (Wildman–Crippen LogP) is 2.98. The van der Waals surface area contributed by atoms with Gasteiger partial charge in [-0.2, -0.15) is 0 Å². The molecule has 30 heavy (non-hydrogen) atoms. The van der Waals surface area contributed by atoms with E-state index in [-0.39, 0.29) is 36.6 Å². The highest BCUT2D eigenvalue weighted by Gasteiger charge is 2.24. The summed E-state index contributed by atoms with van der Waals surface area (Å²) in [4.78, 5) is 40.0. The number of carbonyl (C=O) groups is 3. The highest BCUT2D eigenvalue weighted by atomic mass is 35.5. The maximum Gasteiger partial charge on any atom is 0.321 e. The van der Waals surface area contributed by atoms with E-state index in [2.05, 4.69) is 10.6 Å². The smallest absolute Gasteiger partial charge is 0.321 e. The van der Waals surface area contributed by atoms with E-state index in [1.807, 2.05) is 0 Å². The number of nitrogens with one attached hydrogen (secondary N) is 2. The van der Waals surface area contributed by atoms with Crippen LogP contribution in [0.3, 0.4) is 0 Å². The Morgan fingerprint density at radius 2 is 1.50 bits per heavy atom. The fourth-order valence-corrected chi connectivity index (χ4v) is 3.17. The molecule has 1 heterocycles. The fraction of sp³-hybridized carbons (Fsp3) is 0.286. The molecule has 2 aromatic carbocycles. The van der Waals surface area contributed by atoms with Crippen molar-refractivity contribution >= 4 is 35.1 Å². The van der Waals surface area contributed by atoms with E-state index in [1.54, 1.807) is 34.1 Å². The second kappa shape index (κ2) is 10.1. The van der Waals surface area contributed by atoms with Crippen LogP contribution in [0.1, 0.15) is 16.8 Å². The van der Waals surface area contributed by atoms with Crippen molar-refractivity contribution in [3.63, 3.8) is 0 Å². The van der Waals surface area contributed by atoms with E-state index in [4.69, 9.17) is 11.6 Å². The highest BCUT2D eigenvalue weighted by molar-refractivity contribution is 6.30. The molecule has 2 N–H and O–H groups in total. The number of rotatable bonds is 5. The Kier molecular flexibility index (Phi) is 7.24. The van der Waals surface area contributed by atoms with E-state index < -0.39 is 0 Å². The average molecular weight is 433 g/mol. The zero-order valence-corrected chi connectivity index (χ0v) is 17.0. The Morgan fingerprint density at radius 1 is 0.900 bits per heavy atom. The lowest BCUT2D eigenvalue weighted by Gasteiger charge is -2.34. The minimum atomic E-state index is -0.371. The van der Waals surface area contributed by atoms with Crippen molar-refractivity contribution in [3.8, 4) is 0 Å². The number of benzene rings is 2. The normalized spacial score (nSPS) is 13.7. The number of urea groups is 1. The predicted molar refractivity (Wildman–Crippen MR) is 112 cm³/mol. The van der Waals surface area contributed by atoms with Gasteiger partial charge in [-0.05, 0) is 48.5 Å². The van der Waals surface area contributed by atoms with Gasteiger partial charge >= 0.3 is 6.03 Å². The third-order valence-electron chi connectivity index (χ3n) is 4.75. The van der Waals surface area contributed by atoms with E-state index >= 15 is 0 Å². The van der Waals surface area contributed by atoms with Gasteiger partial charge in [-0.25, -0.2) is 9.18 Å². The van der Waals surface area contributed by atoms with Gasteiger partial charge in [0.1, 0.15) is 5.82 Å².